The van der Waals surface area contributed by atoms with Crippen LogP contribution >= 0.6 is 50.1 Å². The van der Waals surface area contributed by atoms with Gasteiger partial charge >= 0.3 is 0 Å². The summed E-state index contributed by atoms with van der Waals surface area (Å²) in [6, 6.07) is 1.99. The fourth-order valence-corrected chi connectivity index (χ4v) is 3.64. The molecule has 0 unspecified atom stereocenters. The van der Waals surface area contributed by atoms with Crippen molar-refractivity contribution in [2.45, 2.75) is 5.21 Å². The summed E-state index contributed by atoms with van der Waals surface area (Å²) < 4.78 is 7.72. The lowest BCUT2D eigenvalue weighted by atomic mass is 9.52. The van der Waals surface area contributed by atoms with Gasteiger partial charge in [0.1, 0.15) is 21.4 Å². The monoisotopic (exact) mass is 382 g/mol. The van der Waals surface area contributed by atoms with E-state index in [0.29, 0.717) is 6.61 Å². The maximum absolute atomic E-state index is 6.26. The van der Waals surface area contributed by atoms with Crippen molar-refractivity contribution in [3.63, 3.8) is 0 Å². The number of rotatable bonds is 0. The lowest BCUT2D eigenvalue weighted by Crippen LogP contribution is -2.28. The second kappa shape index (κ2) is 3.59. The summed E-state index contributed by atoms with van der Waals surface area (Å²) >= 11 is 12.0. The SMILES string of the molecule is BC1(B)COc2c(I)cc(Br)c(Cl)c21. The lowest BCUT2D eigenvalue weighted by molar-refractivity contribution is 0.341. The van der Waals surface area contributed by atoms with Crippen LogP contribution in [0.15, 0.2) is 10.5 Å². The summed E-state index contributed by atoms with van der Waals surface area (Å²) in [5.41, 5.74) is 1.12. The minimum absolute atomic E-state index is 0.0100. The van der Waals surface area contributed by atoms with Crippen LogP contribution in [0, 0.1) is 3.57 Å². The van der Waals surface area contributed by atoms with Crippen LogP contribution in [0.5, 0.6) is 5.75 Å². The molecule has 0 radical (unpaired) electrons. The van der Waals surface area contributed by atoms with Crippen molar-refractivity contribution in [1.82, 2.24) is 0 Å². The van der Waals surface area contributed by atoms with E-state index >= 15 is 0 Å². The molecule has 0 aliphatic carbocycles. The predicted octanol–water partition coefficient (Wildman–Crippen LogP) is 1.52. The molecule has 6 heteroatoms. The average molecular weight is 383 g/mol. The first-order chi connectivity index (χ1) is 6.43. The molecule has 0 bridgehead atoms. The quantitative estimate of drug-likeness (QED) is 0.375. The minimum atomic E-state index is 0.0100. The van der Waals surface area contributed by atoms with Gasteiger partial charge < -0.3 is 4.74 Å². The van der Waals surface area contributed by atoms with Gasteiger partial charge in [-0.05, 0) is 49.8 Å². The minimum Gasteiger partial charge on any atom is -0.493 e. The Balaban J connectivity index is 2.75. The van der Waals surface area contributed by atoms with Gasteiger partial charge in [-0.1, -0.05) is 11.6 Å². The van der Waals surface area contributed by atoms with Crippen molar-refractivity contribution in [1.29, 1.82) is 0 Å². The summed E-state index contributed by atoms with van der Waals surface area (Å²) in [4.78, 5) is 0. The smallest absolute Gasteiger partial charge is 0.136 e. The van der Waals surface area contributed by atoms with E-state index in [9.17, 15) is 0 Å². The molecule has 0 atom stereocenters. The summed E-state index contributed by atoms with van der Waals surface area (Å²) in [7, 11) is 4.29. The van der Waals surface area contributed by atoms with Crippen molar-refractivity contribution in [2.75, 3.05) is 6.61 Å². The number of halogens is 3. The Morgan fingerprint density at radius 3 is 2.86 bits per heavy atom. The van der Waals surface area contributed by atoms with Gasteiger partial charge in [0.2, 0.25) is 0 Å². The molecule has 1 aliphatic rings. The number of hydrogen-bond acceptors (Lipinski definition) is 1. The van der Waals surface area contributed by atoms with E-state index in [1.165, 1.54) is 0 Å². The average Bonchev–Trinajstić information content (AvgIpc) is 2.38. The zero-order chi connectivity index (χ0) is 10.5. The molecular formula is C8H7B2BrClIO. The molecule has 0 N–H and O–H groups in total. The van der Waals surface area contributed by atoms with Crippen LogP contribution in [0.1, 0.15) is 5.56 Å². The van der Waals surface area contributed by atoms with Crippen LogP contribution in [0.2, 0.25) is 5.02 Å². The standard InChI is InChI=1S/C8H7B2BrClIO/c9-8(10)2-14-7-4(13)1-3(11)6(12)5(7)8/h1H,2,9-10H2. The number of benzene rings is 1. The van der Waals surface area contributed by atoms with Crippen LogP contribution in [0.4, 0.5) is 0 Å². The third kappa shape index (κ3) is 1.61. The summed E-state index contributed by atoms with van der Waals surface area (Å²) in [5.74, 6) is 0.948. The van der Waals surface area contributed by atoms with E-state index in [-0.39, 0.29) is 5.21 Å². The van der Waals surface area contributed by atoms with Crippen LogP contribution in [-0.4, -0.2) is 22.3 Å². The highest BCUT2D eigenvalue weighted by molar-refractivity contribution is 14.1. The molecule has 0 fully saturated rings. The van der Waals surface area contributed by atoms with Gasteiger partial charge in [-0.15, -0.1) is 0 Å². The molecule has 1 nitrogen and oxygen atoms in total. The number of hydrogen-bond donors (Lipinski definition) is 0. The summed E-state index contributed by atoms with van der Waals surface area (Å²) in [6.07, 6.45) is 0. The van der Waals surface area contributed by atoms with Crippen LogP contribution in [0.3, 0.4) is 0 Å². The van der Waals surface area contributed by atoms with Crippen LogP contribution < -0.4 is 4.74 Å². The van der Waals surface area contributed by atoms with E-state index in [0.717, 1.165) is 24.4 Å². The molecule has 0 spiro atoms. The molecule has 14 heavy (non-hydrogen) atoms. The molecule has 1 aromatic rings. The van der Waals surface area contributed by atoms with E-state index in [4.69, 9.17) is 16.3 Å². The van der Waals surface area contributed by atoms with Gasteiger partial charge in [0.25, 0.3) is 0 Å². The van der Waals surface area contributed by atoms with E-state index in [2.05, 4.69) is 54.2 Å². The Bertz CT molecular complexity index is 411. The van der Waals surface area contributed by atoms with E-state index in [1.54, 1.807) is 0 Å². The van der Waals surface area contributed by atoms with Crippen molar-refractivity contribution in [2.24, 2.45) is 0 Å². The Labute approximate surface area is 112 Å². The molecule has 0 amide bonds. The van der Waals surface area contributed by atoms with Crippen LogP contribution in [-0.2, 0) is 5.21 Å². The normalized spacial score (nSPS) is 17.6. The highest BCUT2D eigenvalue weighted by atomic mass is 127. The van der Waals surface area contributed by atoms with Gasteiger partial charge in [-0.25, -0.2) is 0 Å². The maximum atomic E-state index is 6.26. The summed E-state index contributed by atoms with van der Waals surface area (Å²) in [6.45, 7) is 0.703. The van der Waals surface area contributed by atoms with Crippen molar-refractivity contribution in [3.05, 3.63) is 24.7 Å². The van der Waals surface area contributed by atoms with Gasteiger partial charge in [0, 0.05) is 10.0 Å². The van der Waals surface area contributed by atoms with Gasteiger partial charge in [-0.2, -0.15) is 0 Å². The number of fused-ring (bicyclic) bond motifs is 1. The molecule has 0 saturated carbocycles. The Morgan fingerprint density at radius 1 is 1.57 bits per heavy atom. The first kappa shape index (κ1) is 11.1. The van der Waals surface area contributed by atoms with Crippen molar-refractivity contribution < 1.29 is 4.74 Å². The van der Waals surface area contributed by atoms with E-state index < -0.39 is 0 Å². The molecule has 72 valence electrons. The van der Waals surface area contributed by atoms with Gasteiger partial charge in [0.15, 0.2) is 0 Å². The highest BCUT2D eigenvalue weighted by Gasteiger charge is 2.36. The Hall–Kier alpha value is 0.650. The van der Waals surface area contributed by atoms with Crippen LogP contribution in [0.25, 0.3) is 0 Å². The second-order valence-corrected chi connectivity index (χ2v) is 6.43. The molecular weight excluding hydrogens is 376 g/mol. The molecule has 0 saturated heterocycles. The predicted molar refractivity (Wildman–Crippen MR) is 76.1 cm³/mol. The lowest BCUT2D eigenvalue weighted by Gasteiger charge is -2.17. The first-order valence-corrected chi connectivity index (χ1v) is 6.49. The summed E-state index contributed by atoms with van der Waals surface area (Å²) in [5, 5.41) is 0.791. The highest BCUT2D eigenvalue weighted by Crippen LogP contribution is 2.45. The van der Waals surface area contributed by atoms with Crippen molar-refractivity contribution in [3.8, 4) is 5.75 Å². The fourth-order valence-electron chi connectivity index (χ4n) is 1.65. The molecule has 1 aliphatic heterocycles. The molecule has 0 aromatic heterocycles. The molecule has 1 heterocycles. The Kier molecular flexibility index (Phi) is 2.86. The zero-order valence-electron chi connectivity index (χ0n) is 7.83. The number of ether oxygens (including phenoxy) is 1. The first-order valence-electron chi connectivity index (χ1n) is 4.24. The van der Waals surface area contributed by atoms with Gasteiger partial charge in [-0.3, -0.25) is 0 Å². The third-order valence-electron chi connectivity index (χ3n) is 2.38. The van der Waals surface area contributed by atoms with Crippen molar-refractivity contribution >= 4 is 65.8 Å². The van der Waals surface area contributed by atoms with Gasteiger partial charge in [0.05, 0.1) is 15.2 Å². The Morgan fingerprint density at radius 2 is 2.21 bits per heavy atom. The maximum Gasteiger partial charge on any atom is 0.136 e. The molecule has 1 aromatic carbocycles. The fraction of sp³-hybridized carbons (Fsp3) is 0.250. The zero-order valence-corrected chi connectivity index (χ0v) is 12.3. The second-order valence-electron chi connectivity index (χ2n) is 4.03. The largest absolute Gasteiger partial charge is 0.493 e. The third-order valence-corrected chi connectivity index (χ3v) is 4.43. The topological polar surface area (TPSA) is 9.23 Å². The van der Waals surface area contributed by atoms with E-state index in [1.807, 2.05) is 6.07 Å². The molecule has 2 rings (SSSR count).